The summed E-state index contributed by atoms with van der Waals surface area (Å²) in [6.07, 6.45) is 23.4. The minimum atomic E-state index is -1.02. The van der Waals surface area contributed by atoms with Gasteiger partial charge in [0.2, 0.25) is 0 Å². The average molecular weight is 677 g/mol. The van der Waals surface area contributed by atoms with Gasteiger partial charge in [0, 0.05) is 12.1 Å². The van der Waals surface area contributed by atoms with Gasteiger partial charge in [-0.3, -0.25) is 4.79 Å². The number of unbranched alkanes of at least 4 members (excludes halogenated alkanes) is 4. The number of hydrogen-bond acceptors (Lipinski definition) is 6. The van der Waals surface area contributed by atoms with Crippen molar-refractivity contribution in [2.75, 3.05) is 5.73 Å². The number of carboxylic acid groups (broad SMARTS) is 1. The van der Waals surface area contributed by atoms with Gasteiger partial charge in [0.05, 0.1) is 23.7 Å². The van der Waals surface area contributed by atoms with E-state index < -0.39 is 23.6 Å². The van der Waals surface area contributed by atoms with E-state index in [0.717, 1.165) is 76.3 Å². The minimum Gasteiger partial charge on any atom is -0.668 e. The summed E-state index contributed by atoms with van der Waals surface area (Å²) in [5, 5.41) is 44.5. The zero-order chi connectivity index (χ0) is 34.9. The van der Waals surface area contributed by atoms with Crippen LogP contribution in [0.4, 0.5) is 5.82 Å². The number of nitrogens with two attached hydrogens (primary N) is 1. The fourth-order valence-corrected chi connectivity index (χ4v) is 9.80. The zero-order valence-corrected chi connectivity index (χ0v) is 29.8. The molecule has 0 radical (unpaired) electrons. The van der Waals surface area contributed by atoms with Crippen molar-refractivity contribution in [2.45, 2.75) is 152 Å². The highest BCUT2D eigenvalue weighted by molar-refractivity contribution is 5.70. The minimum absolute atomic E-state index is 0.0321. The van der Waals surface area contributed by atoms with Gasteiger partial charge in [-0.1, -0.05) is 82.6 Å². The van der Waals surface area contributed by atoms with Crippen LogP contribution in [-0.2, 0) is 16.6 Å². The van der Waals surface area contributed by atoms with Gasteiger partial charge in [-0.05, 0) is 111 Å². The topological polar surface area (TPSA) is 151 Å². The molecule has 2 aromatic rings. The molecule has 0 bridgehead atoms. The van der Waals surface area contributed by atoms with Crippen molar-refractivity contribution in [3.8, 4) is 0 Å². The van der Waals surface area contributed by atoms with Crippen LogP contribution in [0.5, 0.6) is 0 Å². The fourth-order valence-electron chi connectivity index (χ4n) is 9.80. The standard InChI is InChI=1S/C41H62N3O5/c1-2-3-5-11-29-15-16-30(37(46)24-29)12-6-4-7-14-35(39(47)48)36(45)17-21-41(49)28-33(25-32(41)26-34-13-10-22-43-34)40(19-8-9-20-40)31-18-23-44-38(42)27-31/h10,13,15-16,18,22-23,27,29-30,32-33,35-37,45-46,49H,2-9,11-12,14,17,19-21,24-26,28H2,1H3,(H2,42,44)(H,47,48)/q-1/t29-,30-,32+,33-,35+,36-,37-,41+/m1/s1. The molecule has 5 rings (SSSR count). The lowest BCUT2D eigenvalue weighted by Gasteiger charge is -2.37. The molecule has 8 heteroatoms. The smallest absolute Gasteiger partial charge is 0.309 e. The molecule has 0 aliphatic heterocycles. The Balaban J connectivity index is 1.16. The molecule has 2 fully saturated rings. The summed E-state index contributed by atoms with van der Waals surface area (Å²) < 4.78 is 0. The summed E-state index contributed by atoms with van der Waals surface area (Å²) in [6.45, 7) is 2.21. The third-order valence-electron chi connectivity index (χ3n) is 12.7. The van der Waals surface area contributed by atoms with E-state index in [2.05, 4.69) is 35.1 Å². The van der Waals surface area contributed by atoms with Crippen LogP contribution in [-0.4, -0.2) is 49.2 Å². The number of carbonyl (C=O) groups is 1. The Morgan fingerprint density at radius 3 is 2.55 bits per heavy atom. The van der Waals surface area contributed by atoms with Gasteiger partial charge in [-0.25, -0.2) is 4.98 Å². The van der Waals surface area contributed by atoms with E-state index in [1.165, 1.54) is 24.8 Å². The molecule has 2 heterocycles. The Bertz CT molecular complexity index is 1320. The van der Waals surface area contributed by atoms with Gasteiger partial charge >= 0.3 is 5.97 Å². The third-order valence-corrected chi connectivity index (χ3v) is 12.7. The number of nitrogens with zero attached hydrogens (tertiary/aromatic N) is 2. The number of aliphatic hydroxyl groups is 3. The van der Waals surface area contributed by atoms with E-state index in [-0.39, 0.29) is 35.7 Å². The molecule has 0 spiro atoms. The summed E-state index contributed by atoms with van der Waals surface area (Å²) in [5.74, 6) is -0.436. The Labute approximate surface area is 294 Å². The first kappa shape index (κ1) is 37.6. The van der Waals surface area contributed by atoms with Crippen molar-refractivity contribution in [3.63, 3.8) is 0 Å². The van der Waals surface area contributed by atoms with Gasteiger partial charge < -0.3 is 31.1 Å². The summed E-state index contributed by atoms with van der Waals surface area (Å²) >= 11 is 0. The first-order valence-electron chi connectivity index (χ1n) is 19.4. The molecule has 0 unspecified atom stereocenters. The largest absolute Gasteiger partial charge is 0.668 e. The van der Waals surface area contributed by atoms with E-state index in [1.54, 1.807) is 12.4 Å². The Morgan fingerprint density at radius 2 is 1.86 bits per heavy atom. The Kier molecular flexibility index (Phi) is 13.4. The van der Waals surface area contributed by atoms with Gasteiger partial charge in [-0.15, -0.1) is 0 Å². The van der Waals surface area contributed by atoms with Gasteiger partial charge in [-0.2, -0.15) is 11.9 Å². The SMILES string of the molecule is CCCCC[C@@H]1C=C[C@@H](CCCCC[C@H](C(=O)O)[C@H](O)CC[C@]2(O)C[C@H](C3(c4ccnc(N)c4)CCCC3)C[C@H]2Cc2ccc[n-]2)[C@H](O)C1. The number of aromatic nitrogens is 2. The second-order valence-corrected chi connectivity index (χ2v) is 15.9. The lowest BCUT2D eigenvalue weighted by atomic mass is 9.67. The van der Waals surface area contributed by atoms with Crippen LogP contribution in [0, 0.1) is 29.6 Å². The number of hydrogen-bond donors (Lipinski definition) is 5. The Hall–Kier alpha value is -2.68. The van der Waals surface area contributed by atoms with Crippen LogP contribution in [0.1, 0.15) is 134 Å². The van der Waals surface area contributed by atoms with E-state index >= 15 is 0 Å². The van der Waals surface area contributed by atoms with Crippen molar-refractivity contribution in [1.82, 2.24) is 9.97 Å². The Morgan fingerprint density at radius 1 is 1.06 bits per heavy atom. The second kappa shape index (κ2) is 17.5. The second-order valence-electron chi connectivity index (χ2n) is 15.9. The molecule has 49 heavy (non-hydrogen) atoms. The van der Waals surface area contributed by atoms with Crippen LogP contribution in [0.2, 0.25) is 0 Å². The predicted molar refractivity (Wildman–Crippen MR) is 194 cm³/mol. The molecule has 3 aliphatic carbocycles. The number of nitrogen functional groups attached to an aromatic ring is 1. The van der Waals surface area contributed by atoms with E-state index in [4.69, 9.17) is 5.73 Å². The summed E-state index contributed by atoms with van der Waals surface area (Å²) in [4.78, 5) is 21.1. The number of rotatable bonds is 19. The molecular formula is C41H62N3O5-. The van der Waals surface area contributed by atoms with Gasteiger partial charge in [0.25, 0.3) is 0 Å². The molecule has 2 saturated carbocycles. The van der Waals surface area contributed by atoms with Crippen molar-refractivity contribution < 1.29 is 25.2 Å². The zero-order valence-electron chi connectivity index (χ0n) is 29.8. The molecule has 2 aromatic heterocycles. The van der Waals surface area contributed by atoms with Crippen molar-refractivity contribution >= 4 is 11.8 Å². The van der Waals surface area contributed by atoms with Crippen LogP contribution >= 0.6 is 0 Å². The molecule has 0 aromatic carbocycles. The number of allylic oxidation sites excluding steroid dienone is 1. The quantitative estimate of drug-likeness (QED) is 0.0765. The van der Waals surface area contributed by atoms with Crippen LogP contribution in [0.15, 0.2) is 48.8 Å². The highest BCUT2D eigenvalue weighted by Gasteiger charge is 2.54. The van der Waals surface area contributed by atoms with Crippen LogP contribution in [0.3, 0.4) is 0 Å². The first-order valence-corrected chi connectivity index (χ1v) is 19.4. The fraction of sp³-hybridized carbons (Fsp3) is 0.707. The van der Waals surface area contributed by atoms with Crippen LogP contribution < -0.4 is 10.7 Å². The van der Waals surface area contributed by atoms with E-state index in [9.17, 15) is 25.2 Å². The average Bonchev–Trinajstić information content (AvgIpc) is 3.85. The highest BCUT2D eigenvalue weighted by atomic mass is 16.4. The maximum absolute atomic E-state index is 12.4. The molecule has 0 saturated heterocycles. The number of aliphatic carboxylic acids is 1. The summed E-state index contributed by atoms with van der Waals surface area (Å²) in [7, 11) is 0. The lowest BCUT2D eigenvalue weighted by Crippen LogP contribution is -2.38. The predicted octanol–water partition coefficient (Wildman–Crippen LogP) is 7.36. The number of carboxylic acids is 1. The van der Waals surface area contributed by atoms with Crippen molar-refractivity contribution in [1.29, 1.82) is 0 Å². The summed E-state index contributed by atoms with van der Waals surface area (Å²) in [6, 6.07) is 8.04. The van der Waals surface area contributed by atoms with Crippen LogP contribution in [0.25, 0.3) is 0 Å². The number of aliphatic hydroxyl groups excluding tert-OH is 2. The maximum Gasteiger partial charge on any atom is 0.309 e. The molecule has 8 atom stereocenters. The number of anilines is 1. The number of pyridine rings is 1. The third kappa shape index (κ3) is 9.56. The van der Waals surface area contributed by atoms with E-state index in [0.29, 0.717) is 37.4 Å². The molecule has 272 valence electrons. The molecule has 8 nitrogen and oxygen atoms in total. The van der Waals surface area contributed by atoms with E-state index in [1.807, 2.05) is 18.2 Å². The normalized spacial score (nSPS) is 29.3. The van der Waals surface area contributed by atoms with Crippen molar-refractivity contribution in [2.24, 2.45) is 29.6 Å². The summed E-state index contributed by atoms with van der Waals surface area (Å²) in [5.41, 5.74) is 7.23. The lowest BCUT2D eigenvalue weighted by molar-refractivity contribution is -0.146. The molecular weight excluding hydrogens is 614 g/mol. The van der Waals surface area contributed by atoms with Crippen molar-refractivity contribution in [3.05, 3.63) is 60.1 Å². The highest BCUT2D eigenvalue weighted by Crippen LogP contribution is 2.57. The monoisotopic (exact) mass is 676 g/mol. The molecule has 3 aliphatic rings. The maximum atomic E-state index is 12.4. The van der Waals surface area contributed by atoms with Gasteiger partial charge in [0.15, 0.2) is 0 Å². The molecule has 6 N–H and O–H groups in total. The molecule has 0 amide bonds. The first-order chi connectivity index (χ1) is 23.6. The van der Waals surface area contributed by atoms with Gasteiger partial charge in [0.1, 0.15) is 5.82 Å².